The van der Waals surface area contributed by atoms with Crippen molar-refractivity contribution in [1.82, 2.24) is 23.9 Å². The van der Waals surface area contributed by atoms with E-state index in [0.29, 0.717) is 36.9 Å². The summed E-state index contributed by atoms with van der Waals surface area (Å²) in [6.45, 7) is 6.24. The van der Waals surface area contributed by atoms with E-state index in [0.717, 1.165) is 59.8 Å². The van der Waals surface area contributed by atoms with Crippen LogP contribution >= 0.6 is 35.3 Å². The van der Waals surface area contributed by atoms with Crippen LogP contribution in [0.4, 0.5) is 0 Å². The number of amides is 1. The summed E-state index contributed by atoms with van der Waals surface area (Å²) in [5.41, 5.74) is 1.26. The van der Waals surface area contributed by atoms with Crippen LogP contribution < -0.4 is 4.72 Å². The van der Waals surface area contributed by atoms with Crippen molar-refractivity contribution in [3.63, 3.8) is 0 Å². The first-order valence-corrected chi connectivity index (χ1v) is 15.5. The number of pyridine rings is 1. The molecule has 9 nitrogen and oxygen atoms in total. The van der Waals surface area contributed by atoms with Gasteiger partial charge < -0.3 is 9.80 Å². The Labute approximate surface area is 243 Å². The number of rotatable bonds is 7. The zero-order chi connectivity index (χ0) is 27.8. The Kier molecular flexibility index (Phi) is 8.32. The Balaban J connectivity index is 0.000000555. The lowest BCUT2D eigenvalue weighted by molar-refractivity contribution is -0.119. The lowest BCUT2D eigenvalue weighted by Crippen LogP contribution is -2.32. The predicted octanol–water partition coefficient (Wildman–Crippen LogP) is 5.13. The molecule has 39 heavy (non-hydrogen) atoms. The lowest BCUT2D eigenvalue weighted by atomic mass is 9.89. The quantitative estimate of drug-likeness (QED) is 0.178. The van der Waals surface area contributed by atoms with E-state index in [1.54, 1.807) is 16.8 Å². The second-order valence-corrected chi connectivity index (χ2v) is 13.6. The molecule has 0 radical (unpaired) electrons. The van der Waals surface area contributed by atoms with Gasteiger partial charge in [0.2, 0.25) is 6.41 Å². The maximum Gasteiger partial charge on any atom is 0.209 e. The van der Waals surface area contributed by atoms with Gasteiger partial charge in [-0.25, -0.2) is 4.98 Å². The van der Waals surface area contributed by atoms with E-state index in [-0.39, 0.29) is 21.5 Å². The van der Waals surface area contributed by atoms with Crippen molar-refractivity contribution in [1.29, 1.82) is 16.1 Å². The van der Waals surface area contributed by atoms with Crippen LogP contribution in [0.2, 0.25) is 5.15 Å². The summed E-state index contributed by atoms with van der Waals surface area (Å²) in [5, 5.41) is 27.1. The molecule has 0 aromatic carbocycles. The number of halogens is 1. The molecule has 2 aliphatic carbocycles. The van der Waals surface area contributed by atoms with E-state index in [2.05, 4.69) is 40.7 Å². The Morgan fingerprint density at radius 1 is 1.23 bits per heavy atom. The van der Waals surface area contributed by atoms with Gasteiger partial charge in [-0.1, -0.05) is 23.4 Å². The number of fused-ring (bicyclic) bond motifs is 1. The molecule has 3 N–H and O–H groups in total. The van der Waals surface area contributed by atoms with E-state index in [1.165, 1.54) is 19.5 Å². The molecule has 12 heteroatoms. The molecule has 0 bridgehead atoms. The first-order valence-electron chi connectivity index (χ1n) is 13.5. The smallest absolute Gasteiger partial charge is 0.209 e. The molecular weight excluding hydrogens is 552 g/mol. The molecular formula is C27H35ClN8OS2. The number of piperidine rings is 1. The van der Waals surface area contributed by atoms with Crippen LogP contribution in [0.1, 0.15) is 69.2 Å². The third-order valence-electron chi connectivity index (χ3n) is 8.12. The number of aromatic nitrogens is 2. The Bertz CT molecular complexity index is 1320. The number of carbonyl (C=O) groups excluding carboxylic acids is 1. The van der Waals surface area contributed by atoms with Gasteiger partial charge >= 0.3 is 0 Å². The summed E-state index contributed by atoms with van der Waals surface area (Å²) in [6.07, 6.45) is 9.57. The number of hydrogen-bond donors (Lipinski definition) is 3. The van der Waals surface area contributed by atoms with Crippen molar-refractivity contribution < 1.29 is 4.79 Å². The van der Waals surface area contributed by atoms with E-state index < -0.39 is 5.41 Å². The molecule has 4 fully saturated rings. The van der Waals surface area contributed by atoms with Gasteiger partial charge in [-0.15, -0.1) is 0 Å². The lowest BCUT2D eigenvalue weighted by Gasteiger charge is -2.30. The molecule has 0 unspecified atom stereocenters. The fraction of sp³-hybridized carbons (Fsp3) is 0.593. The molecule has 208 valence electrons. The monoisotopic (exact) mass is 586 g/mol. The van der Waals surface area contributed by atoms with Gasteiger partial charge in [0, 0.05) is 29.7 Å². The second-order valence-electron chi connectivity index (χ2n) is 11.4. The Morgan fingerprint density at radius 3 is 2.41 bits per heavy atom. The highest BCUT2D eigenvalue weighted by atomic mass is 35.5. The van der Waals surface area contributed by atoms with Crippen molar-refractivity contribution in [3.05, 3.63) is 28.8 Å². The van der Waals surface area contributed by atoms with Crippen LogP contribution in [-0.4, -0.2) is 74.4 Å². The molecule has 4 aliphatic rings. The fourth-order valence-corrected chi connectivity index (χ4v) is 6.80. The highest BCUT2D eigenvalue weighted by Crippen LogP contribution is 2.49. The fourth-order valence-electron chi connectivity index (χ4n) is 4.72. The average molecular weight is 587 g/mol. The zero-order valence-electron chi connectivity index (χ0n) is 22.4. The van der Waals surface area contributed by atoms with Gasteiger partial charge in [-0.3, -0.25) is 24.7 Å². The van der Waals surface area contributed by atoms with Crippen molar-refractivity contribution >= 4 is 57.3 Å². The van der Waals surface area contributed by atoms with Crippen molar-refractivity contribution in [2.45, 2.75) is 68.2 Å². The van der Waals surface area contributed by atoms with E-state index in [9.17, 15) is 10.1 Å². The first-order chi connectivity index (χ1) is 18.7. The summed E-state index contributed by atoms with van der Waals surface area (Å²) in [4.78, 5) is 20.8. The minimum absolute atomic E-state index is 0.111. The standard InChI is InChI=1S/C23H26ClN7OS2.C4H9N/c1-22(4-5-22)29-34-15-10-16(14-2-8-30(13-32)9-3-14)17-18(24)28-20(31(17)11-15)19(26)33-21(27)23(12-25)6-7-23;1-5-3-2-4-5/h10-11,13-14,26-27,29H,2-9H2,1H3;2-4H2,1H3. The third-order valence-corrected chi connectivity index (χ3v) is 10.4. The number of nitrogens with one attached hydrogen (secondary N) is 3. The molecule has 2 aliphatic heterocycles. The van der Waals surface area contributed by atoms with Crippen molar-refractivity contribution in [2.24, 2.45) is 5.41 Å². The number of nitriles is 1. The van der Waals surface area contributed by atoms with Crippen LogP contribution in [0, 0.1) is 27.6 Å². The highest BCUT2D eigenvalue weighted by molar-refractivity contribution is 8.26. The maximum absolute atomic E-state index is 11.2. The molecule has 6 rings (SSSR count). The number of hydrogen-bond acceptors (Lipinski definition) is 9. The SMILES string of the molecule is CC1(NSc2cc(C3CCN(C=O)CC3)c3c(Cl)nc(C(=N)SC(=N)C4(C#N)CC4)n3c2)CC1.CN1CCC1. The molecule has 4 heterocycles. The number of imidazole rings is 1. The average Bonchev–Trinajstić information content (AvgIpc) is 3.85. The molecule has 2 saturated heterocycles. The van der Waals surface area contributed by atoms with Crippen LogP contribution in [0.15, 0.2) is 17.2 Å². The second kappa shape index (κ2) is 11.4. The zero-order valence-corrected chi connectivity index (χ0v) is 24.8. The minimum Gasteiger partial charge on any atom is -0.345 e. The van der Waals surface area contributed by atoms with Crippen molar-refractivity contribution in [3.8, 4) is 6.07 Å². The van der Waals surface area contributed by atoms with E-state index >= 15 is 0 Å². The Morgan fingerprint density at radius 2 is 1.90 bits per heavy atom. The number of thioether (sulfide) groups is 1. The van der Waals surface area contributed by atoms with E-state index in [4.69, 9.17) is 22.4 Å². The van der Waals surface area contributed by atoms with Crippen LogP contribution in [0.3, 0.4) is 0 Å². The summed E-state index contributed by atoms with van der Waals surface area (Å²) >= 11 is 9.21. The van der Waals surface area contributed by atoms with Crippen LogP contribution in [0.5, 0.6) is 0 Å². The normalized spacial score (nSPS) is 21.3. The molecule has 2 aromatic rings. The molecule has 2 saturated carbocycles. The molecule has 0 atom stereocenters. The minimum atomic E-state index is -0.740. The van der Waals surface area contributed by atoms with Crippen molar-refractivity contribution in [2.75, 3.05) is 33.2 Å². The number of carbonyl (C=O) groups is 1. The molecule has 0 spiro atoms. The van der Waals surface area contributed by atoms with Crippen LogP contribution in [0.25, 0.3) is 5.52 Å². The maximum atomic E-state index is 11.2. The summed E-state index contributed by atoms with van der Waals surface area (Å²) in [6, 6.07) is 4.38. The largest absolute Gasteiger partial charge is 0.345 e. The van der Waals surface area contributed by atoms with Gasteiger partial charge in [-0.2, -0.15) is 5.26 Å². The summed E-state index contributed by atoms with van der Waals surface area (Å²) < 4.78 is 5.42. The van der Waals surface area contributed by atoms with E-state index in [1.807, 2.05) is 10.6 Å². The number of nitrogens with zero attached hydrogens (tertiary/aromatic N) is 5. The summed E-state index contributed by atoms with van der Waals surface area (Å²) in [5.74, 6) is 0.612. The topological polar surface area (TPSA) is 124 Å². The summed E-state index contributed by atoms with van der Waals surface area (Å²) in [7, 11) is 2.14. The van der Waals surface area contributed by atoms with Gasteiger partial charge in [0.25, 0.3) is 0 Å². The highest BCUT2D eigenvalue weighted by Gasteiger charge is 2.48. The van der Waals surface area contributed by atoms with Gasteiger partial charge in [0.1, 0.15) is 10.5 Å². The van der Waals surface area contributed by atoms with Gasteiger partial charge in [0.15, 0.2) is 11.0 Å². The predicted molar refractivity (Wildman–Crippen MR) is 158 cm³/mol. The molecule has 1 amide bonds. The first kappa shape index (κ1) is 28.4. The van der Waals surface area contributed by atoms with Crippen LogP contribution in [-0.2, 0) is 4.79 Å². The molecule has 2 aromatic heterocycles. The Hall–Kier alpha value is -2.10. The number of likely N-dealkylation sites (tertiary alicyclic amines) is 2. The van der Waals surface area contributed by atoms with Gasteiger partial charge in [-0.05, 0) is 102 Å². The third kappa shape index (κ3) is 6.30. The van der Waals surface area contributed by atoms with Gasteiger partial charge in [0.05, 0.1) is 16.6 Å².